The van der Waals surface area contributed by atoms with Crippen LogP contribution in [0.5, 0.6) is 0 Å². The second-order valence-corrected chi connectivity index (χ2v) is 7.76. The molecule has 0 bridgehead atoms. The van der Waals surface area contributed by atoms with Crippen molar-refractivity contribution in [3.8, 4) is 0 Å². The number of unbranched alkanes of at least 4 members (excludes halogenated alkanes) is 1. The van der Waals surface area contributed by atoms with Gasteiger partial charge in [0.25, 0.3) is 0 Å². The van der Waals surface area contributed by atoms with Crippen LogP contribution in [0.25, 0.3) is 0 Å². The molecule has 1 aliphatic heterocycles. The van der Waals surface area contributed by atoms with E-state index in [1.165, 1.54) is 4.90 Å². The standard InChI is InChI=1S/C18H32N6O6S/c19-6-2-1-4-11(15(26)23-12(9-31)18(29)30)22-16(27)13-5-3-7-24(13)17(28)10(20)8-14(21)25/h10-13,31H,1-9,19-20H2,(H2,21,25)(H,22,27)(H,23,26)(H,29,30). The average molecular weight is 461 g/mol. The third-order valence-corrected chi connectivity index (χ3v) is 5.32. The summed E-state index contributed by atoms with van der Waals surface area (Å²) in [6.45, 7) is 0.688. The fourth-order valence-corrected chi connectivity index (χ4v) is 3.55. The van der Waals surface area contributed by atoms with Crippen LogP contribution < -0.4 is 27.8 Å². The van der Waals surface area contributed by atoms with Gasteiger partial charge in [-0.15, -0.1) is 0 Å². The van der Waals surface area contributed by atoms with Crippen LogP contribution in [0.2, 0.25) is 0 Å². The van der Waals surface area contributed by atoms with Gasteiger partial charge in [0.1, 0.15) is 18.1 Å². The summed E-state index contributed by atoms with van der Waals surface area (Å²) in [5, 5.41) is 14.1. The smallest absolute Gasteiger partial charge is 0.327 e. The predicted molar refractivity (Wildman–Crippen MR) is 115 cm³/mol. The first-order chi connectivity index (χ1) is 14.6. The predicted octanol–water partition coefficient (Wildman–Crippen LogP) is -2.71. The van der Waals surface area contributed by atoms with E-state index in [0.717, 1.165) is 0 Å². The van der Waals surface area contributed by atoms with Crippen LogP contribution >= 0.6 is 12.6 Å². The van der Waals surface area contributed by atoms with Gasteiger partial charge in [-0.05, 0) is 38.6 Å². The summed E-state index contributed by atoms with van der Waals surface area (Å²) in [5.41, 5.74) is 16.3. The van der Waals surface area contributed by atoms with Gasteiger partial charge in [0, 0.05) is 12.3 Å². The van der Waals surface area contributed by atoms with Crippen molar-refractivity contribution < 1.29 is 29.1 Å². The SMILES string of the molecule is NCCCCC(NC(=O)C1CCCN1C(=O)C(N)CC(N)=O)C(=O)NC(CS)C(=O)O. The molecule has 1 fully saturated rings. The quantitative estimate of drug-likeness (QED) is 0.113. The van der Waals surface area contributed by atoms with E-state index in [9.17, 15) is 24.0 Å². The molecule has 4 atom stereocenters. The summed E-state index contributed by atoms with van der Waals surface area (Å²) in [7, 11) is 0. The summed E-state index contributed by atoms with van der Waals surface area (Å²) >= 11 is 3.91. The Bertz CT molecular complexity index is 678. The van der Waals surface area contributed by atoms with Gasteiger partial charge < -0.3 is 37.8 Å². The van der Waals surface area contributed by atoms with Crippen molar-refractivity contribution in [3.05, 3.63) is 0 Å². The lowest BCUT2D eigenvalue weighted by Crippen LogP contribution is -2.57. The van der Waals surface area contributed by atoms with Gasteiger partial charge in [0.15, 0.2) is 0 Å². The third-order valence-electron chi connectivity index (χ3n) is 4.95. The summed E-state index contributed by atoms with van der Waals surface area (Å²) in [6, 6.07) is -4.21. The highest BCUT2D eigenvalue weighted by molar-refractivity contribution is 7.80. The van der Waals surface area contributed by atoms with E-state index in [1.807, 2.05) is 0 Å². The van der Waals surface area contributed by atoms with Crippen molar-refractivity contribution in [2.45, 2.75) is 62.7 Å². The molecule has 31 heavy (non-hydrogen) atoms. The van der Waals surface area contributed by atoms with Gasteiger partial charge in [0.2, 0.25) is 23.6 Å². The first-order valence-electron chi connectivity index (χ1n) is 10.1. The molecule has 4 amide bonds. The number of hydrogen-bond donors (Lipinski definition) is 7. The van der Waals surface area contributed by atoms with E-state index in [4.69, 9.17) is 22.3 Å². The highest BCUT2D eigenvalue weighted by Gasteiger charge is 2.38. The van der Waals surface area contributed by atoms with Crippen LogP contribution in [0.1, 0.15) is 38.5 Å². The Morgan fingerprint density at radius 3 is 2.35 bits per heavy atom. The Hall–Kier alpha value is -2.38. The minimum absolute atomic E-state index is 0.118. The number of carboxylic acids is 1. The molecule has 0 aromatic rings. The molecule has 9 N–H and O–H groups in total. The molecule has 1 heterocycles. The monoisotopic (exact) mass is 460 g/mol. The van der Waals surface area contributed by atoms with Crippen molar-refractivity contribution >= 4 is 42.2 Å². The van der Waals surface area contributed by atoms with Crippen LogP contribution in [-0.4, -0.2) is 82.6 Å². The third kappa shape index (κ3) is 8.34. The summed E-state index contributed by atoms with van der Waals surface area (Å²) in [5.74, 6) is -3.87. The van der Waals surface area contributed by atoms with Crippen LogP contribution in [0.15, 0.2) is 0 Å². The zero-order valence-electron chi connectivity index (χ0n) is 17.3. The maximum absolute atomic E-state index is 12.9. The lowest BCUT2D eigenvalue weighted by molar-refractivity contribution is -0.142. The summed E-state index contributed by atoms with van der Waals surface area (Å²) in [6.07, 6.45) is 1.97. The number of carbonyl (C=O) groups excluding carboxylic acids is 4. The Morgan fingerprint density at radius 1 is 1.13 bits per heavy atom. The lowest BCUT2D eigenvalue weighted by Gasteiger charge is -2.28. The number of carboxylic acid groups (broad SMARTS) is 1. The number of carbonyl (C=O) groups is 5. The number of likely N-dealkylation sites (tertiary alicyclic amines) is 1. The number of aliphatic carboxylic acids is 1. The Labute approximate surface area is 186 Å². The highest BCUT2D eigenvalue weighted by atomic mass is 32.1. The van der Waals surface area contributed by atoms with Crippen LogP contribution in [0.4, 0.5) is 0 Å². The maximum atomic E-state index is 12.9. The number of nitrogens with zero attached hydrogens (tertiary/aromatic N) is 1. The molecule has 0 aromatic carbocycles. The molecule has 4 unspecified atom stereocenters. The second kappa shape index (κ2) is 13.1. The maximum Gasteiger partial charge on any atom is 0.327 e. The van der Waals surface area contributed by atoms with E-state index < -0.39 is 53.8 Å². The molecular weight excluding hydrogens is 428 g/mol. The molecule has 1 saturated heterocycles. The summed E-state index contributed by atoms with van der Waals surface area (Å²) in [4.78, 5) is 61.5. The molecule has 0 aliphatic carbocycles. The van der Waals surface area contributed by atoms with E-state index >= 15 is 0 Å². The van der Waals surface area contributed by atoms with Gasteiger partial charge in [0.05, 0.1) is 12.5 Å². The van der Waals surface area contributed by atoms with E-state index in [-0.39, 0.29) is 25.1 Å². The van der Waals surface area contributed by atoms with Gasteiger partial charge in [-0.3, -0.25) is 19.2 Å². The minimum atomic E-state index is -1.24. The molecule has 0 radical (unpaired) electrons. The lowest BCUT2D eigenvalue weighted by atomic mass is 10.1. The normalized spacial score (nSPS) is 18.7. The van der Waals surface area contributed by atoms with Crippen LogP contribution in [-0.2, 0) is 24.0 Å². The van der Waals surface area contributed by atoms with Crippen molar-refractivity contribution in [1.29, 1.82) is 0 Å². The van der Waals surface area contributed by atoms with Crippen LogP contribution in [0, 0.1) is 0 Å². The zero-order chi connectivity index (χ0) is 23.6. The van der Waals surface area contributed by atoms with Crippen LogP contribution in [0.3, 0.4) is 0 Å². The Kier molecular flexibility index (Phi) is 11.3. The number of primary amides is 1. The van der Waals surface area contributed by atoms with Crippen molar-refractivity contribution in [1.82, 2.24) is 15.5 Å². The summed E-state index contributed by atoms with van der Waals surface area (Å²) < 4.78 is 0. The fraction of sp³-hybridized carbons (Fsp3) is 0.722. The number of thiol groups is 1. The Morgan fingerprint density at radius 2 is 1.81 bits per heavy atom. The fourth-order valence-electron chi connectivity index (χ4n) is 3.31. The highest BCUT2D eigenvalue weighted by Crippen LogP contribution is 2.19. The molecule has 176 valence electrons. The molecular formula is C18H32N6O6S. The average Bonchev–Trinajstić information content (AvgIpc) is 3.19. The van der Waals surface area contributed by atoms with Gasteiger partial charge in [-0.25, -0.2) is 4.79 Å². The number of nitrogens with one attached hydrogen (secondary N) is 2. The number of hydrogen-bond acceptors (Lipinski definition) is 8. The van der Waals surface area contributed by atoms with Gasteiger partial charge in [-0.2, -0.15) is 12.6 Å². The molecule has 1 rings (SSSR count). The van der Waals surface area contributed by atoms with E-state index in [1.54, 1.807) is 0 Å². The first kappa shape index (κ1) is 26.7. The largest absolute Gasteiger partial charge is 0.480 e. The van der Waals surface area contributed by atoms with Crippen molar-refractivity contribution in [2.75, 3.05) is 18.8 Å². The molecule has 0 spiro atoms. The van der Waals surface area contributed by atoms with E-state index in [0.29, 0.717) is 32.2 Å². The van der Waals surface area contributed by atoms with Gasteiger partial charge in [-0.1, -0.05) is 0 Å². The molecule has 1 aliphatic rings. The zero-order valence-corrected chi connectivity index (χ0v) is 18.2. The van der Waals surface area contributed by atoms with Gasteiger partial charge >= 0.3 is 5.97 Å². The Balaban J connectivity index is 2.87. The second-order valence-electron chi connectivity index (χ2n) is 7.39. The molecule has 13 heteroatoms. The van der Waals surface area contributed by atoms with Crippen molar-refractivity contribution in [3.63, 3.8) is 0 Å². The number of rotatable bonds is 13. The molecule has 12 nitrogen and oxygen atoms in total. The topological polar surface area (TPSA) is 211 Å². The number of amides is 4. The molecule has 0 aromatic heterocycles. The molecule has 0 saturated carbocycles. The first-order valence-corrected chi connectivity index (χ1v) is 10.7. The van der Waals surface area contributed by atoms with E-state index in [2.05, 4.69) is 23.3 Å². The minimum Gasteiger partial charge on any atom is -0.480 e. The van der Waals surface area contributed by atoms with Crippen molar-refractivity contribution in [2.24, 2.45) is 17.2 Å². The number of nitrogens with two attached hydrogens (primary N) is 3.